The Bertz CT molecular complexity index is 520. The van der Waals surface area contributed by atoms with Crippen LogP contribution in [0.1, 0.15) is 41.5 Å². The van der Waals surface area contributed by atoms with Crippen LogP contribution in [0.4, 0.5) is 13.2 Å². The van der Waals surface area contributed by atoms with Crippen LogP contribution < -0.4 is 0 Å². The van der Waals surface area contributed by atoms with Gasteiger partial charge in [0.25, 0.3) is 6.79 Å². The molecule has 0 aliphatic rings. The molecule has 0 heterocycles. The molecule has 3 radical (unpaired) electrons. The third-order valence-corrected chi connectivity index (χ3v) is 19.3. The second-order valence-electron chi connectivity index (χ2n) is 7.77. The van der Waals surface area contributed by atoms with Gasteiger partial charge in [0.05, 0.1) is 18.5 Å². The smallest absolute Gasteiger partial charge is 0.485 e. The van der Waals surface area contributed by atoms with E-state index in [0.29, 0.717) is 23.8 Å². The molecule has 0 aliphatic heterocycles. The number of alkyl halides is 3. The minimum atomic E-state index is -6.09. The van der Waals surface area contributed by atoms with Crippen molar-refractivity contribution in [3.8, 4) is 0 Å². The van der Waals surface area contributed by atoms with Crippen LogP contribution in [0.2, 0.25) is 0 Å². The molecule has 0 bridgehead atoms. The summed E-state index contributed by atoms with van der Waals surface area (Å²) in [7, 11) is -5.70. The Morgan fingerprint density at radius 3 is 1.00 bits per heavy atom. The van der Waals surface area contributed by atoms with E-state index in [1.165, 1.54) is 37.0 Å². The normalized spacial score (nSPS) is 12.1. The Hall–Kier alpha value is 1.71. The van der Waals surface area contributed by atoms with Gasteiger partial charge in [0.2, 0.25) is 0 Å². The van der Waals surface area contributed by atoms with Crippen LogP contribution in [0.3, 0.4) is 0 Å². The Morgan fingerprint density at radius 1 is 0.706 bits per heavy atom. The van der Waals surface area contributed by atoms with Crippen molar-refractivity contribution in [1.29, 1.82) is 0 Å². The molecule has 13 heteroatoms. The molecule has 0 spiro atoms. The van der Waals surface area contributed by atoms with E-state index in [9.17, 15) is 13.2 Å². The van der Waals surface area contributed by atoms with Crippen molar-refractivity contribution < 1.29 is 50.4 Å². The largest absolute Gasteiger partial charge is 0.741 e. The van der Waals surface area contributed by atoms with Crippen molar-refractivity contribution in [1.82, 2.24) is 0 Å². The molecule has 0 unspecified atom stereocenters. The molecule has 0 aromatic rings. The summed E-state index contributed by atoms with van der Waals surface area (Å²) < 4.78 is 58.9. The number of hydrogen-bond acceptors (Lipinski definition) is 4. The maximum absolute atomic E-state index is 10.7. The first-order valence-corrected chi connectivity index (χ1v) is 21.4. The van der Waals surface area contributed by atoms with Gasteiger partial charge < -0.3 is 4.55 Å². The van der Waals surface area contributed by atoms with Gasteiger partial charge in [-0.05, 0) is 37.0 Å². The van der Waals surface area contributed by atoms with Crippen molar-refractivity contribution in [2.24, 2.45) is 0 Å². The summed E-state index contributed by atoms with van der Waals surface area (Å²) in [5, 5.41) is 0. The van der Waals surface area contributed by atoms with Gasteiger partial charge in [-0.15, -0.1) is 23.8 Å². The minimum Gasteiger partial charge on any atom is -0.741 e. The van der Waals surface area contributed by atoms with Gasteiger partial charge in [-0.1, -0.05) is 41.5 Å². The Morgan fingerprint density at radius 2 is 0.882 bits per heavy atom. The predicted octanol–water partition coefficient (Wildman–Crippen LogP) is 6.85. The molecule has 0 atom stereocenters. The van der Waals surface area contributed by atoms with E-state index < -0.39 is 22.9 Å². The Labute approximate surface area is 225 Å². The summed E-state index contributed by atoms with van der Waals surface area (Å²) in [4.78, 5) is 7.50. The molecule has 0 fully saturated rings. The second kappa shape index (κ2) is 23.8. The molecule has 4 nitrogen and oxygen atoms in total. The fraction of sp³-hybridized carbons (Fsp3) is 0.952. The van der Waals surface area contributed by atoms with E-state index in [1.807, 2.05) is 0 Å². The zero-order chi connectivity index (χ0) is 26.7. The minimum absolute atomic E-state index is 0. The van der Waals surface area contributed by atoms with Gasteiger partial charge in [-0.3, -0.25) is 4.79 Å². The number of carbonyl (C=O) groups excluding carboxylic acids is 1. The summed E-state index contributed by atoms with van der Waals surface area (Å²) in [6, 6.07) is 0. The second-order valence-corrected chi connectivity index (χ2v) is 22.9. The summed E-state index contributed by atoms with van der Waals surface area (Å²) in [6.07, 6.45) is 18.3. The van der Waals surface area contributed by atoms with Crippen LogP contribution in [0.25, 0.3) is 0 Å². The molecular formula is C21H45F3O4P4RhS. The third kappa shape index (κ3) is 21.8. The Balaban J connectivity index is -0.000000345. The fourth-order valence-electron chi connectivity index (χ4n) is 3.10. The molecule has 0 aromatic heterocycles. The van der Waals surface area contributed by atoms with Crippen LogP contribution in [-0.4, -0.2) is 106 Å². The number of hydrogen-bond donors (Lipinski definition) is 0. The average molecular weight is 677 g/mol. The molecular weight excluding hydrogens is 632 g/mol. The molecule has 0 aromatic carbocycles. The van der Waals surface area contributed by atoms with E-state index >= 15 is 0 Å². The van der Waals surface area contributed by atoms with Crippen LogP contribution in [0.5, 0.6) is 0 Å². The van der Waals surface area contributed by atoms with E-state index in [1.54, 1.807) is 37.0 Å². The van der Waals surface area contributed by atoms with Crippen molar-refractivity contribution in [3.63, 3.8) is 0 Å². The molecule has 0 rings (SSSR count). The maximum Gasteiger partial charge on any atom is 0.485 e. The van der Waals surface area contributed by atoms with Crippen molar-refractivity contribution in [3.05, 3.63) is 0 Å². The molecule has 34 heavy (non-hydrogen) atoms. The van der Waals surface area contributed by atoms with E-state index in [0.717, 1.165) is 0 Å². The van der Waals surface area contributed by atoms with Crippen LogP contribution in [0, 0.1) is 0 Å². The van der Waals surface area contributed by atoms with Crippen molar-refractivity contribution in [2.75, 3.05) is 80.6 Å². The summed E-state index contributed by atoms with van der Waals surface area (Å²) in [6.45, 7) is 21.8. The van der Waals surface area contributed by atoms with Crippen molar-refractivity contribution >= 4 is 47.9 Å². The first-order valence-electron chi connectivity index (χ1n) is 11.5. The number of halogens is 3. The zero-order valence-electron chi connectivity index (χ0n) is 21.8. The topological polar surface area (TPSA) is 74.3 Å². The molecule has 0 amide bonds. The summed E-state index contributed by atoms with van der Waals surface area (Å²) in [5.41, 5.74) is -5.65. The van der Waals surface area contributed by atoms with Gasteiger partial charge in [0, 0.05) is 51.9 Å². The van der Waals surface area contributed by atoms with E-state index in [4.69, 9.17) is 17.8 Å². The summed E-state index contributed by atoms with van der Waals surface area (Å²) >= 11 is 0. The first kappa shape index (κ1) is 42.8. The van der Waals surface area contributed by atoms with E-state index in [-0.39, 0.29) is 19.5 Å². The van der Waals surface area contributed by atoms with E-state index in [2.05, 4.69) is 55.0 Å². The standard InChI is InChI=1S/C19H45P4.CHF3O3S.CO.Rh/c1-8-20(9-2)14-17-23(7,18-15-21(10-3)11-4)19-16-22(12-5)13-6;2-1(3,4)8(5,6)7;1-2;/h8-19H2,1-7H3;(H,5,6,7);;/q+1;;;/p-1. The van der Waals surface area contributed by atoms with Gasteiger partial charge in [0.15, 0.2) is 10.1 Å². The first-order chi connectivity index (χ1) is 15.2. The molecule has 0 aliphatic carbocycles. The zero-order valence-corrected chi connectivity index (χ0v) is 27.8. The van der Waals surface area contributed by atoms with Crippen LogP contribution >= 0.6 is 31.0 Å². The van der Waals surface area contributed by atoms with Gasteiger partial charge >= 0.3 is 5.51 Å². The fourth-order valence-corrected chi connectivity index (χ4v) is 16.2. The van der Waals surface area contributed by atoms with Crippen molar-refractivity contribution in [2.45, 2.75) is 47.1 Å². The van der Waals surface area contributed by atoms with Gasteiger partial charge in [-0.2, -0.15) is 13.2 Å². The summed E-state index contributed by atoms with van der Waals surface area (Å²) in [5.74, 6) is 0. The maximum atomic E-state index is 10.7. The molecule has 0 N–H and O–H groups in total. The monoisotopic (exact) mass is 677 g/mol. The molecule has 0 saturated carbocycles. The number of rotatable bonds is 15. The average Bonchev–Trinajstić information content (AvgIpc) is 2.76. The molecule has 209 valence electrons. The third-order valence-electron chi connectivity index (χ3n) is 5.83. The SMILES string of the molecule is CCP(CC)CC[P+](C)(CCP(CC)CC)CCP(CC)CC.O=S(=O)([O-])C(F)(F)F.[C]=O.[Rh]. The molecule has 0 saturated heterocycles. The Kier molecular flexibility index (Phi) is 30.0. The predicted molar refractivity (Wildman–Crippen MR) is 147 cm³/mol. The van der Waals surface area contributed by atoms with Gasteiger partial charge in [-0.25, -0.2) is 8.42 Å². The quantitative estimate of drug-likeness (QED) is 0.0823. The van der Waals surface area contributed by atoms with Crippen LogP contribution in [0.15, 0.2) is 0 Å². The van der Waals surface area contributed by atoms with Crippen LogP contribution in [-0.2, 0) is 34.4 Å². The van der Waals surface area contributed by atoms with Gasteiger partial charge in [0.1, 0.15) is 0 Å².